The Kier molecular flexibility index (Phi) is 3.30. The van der Waals surface area contributed by atoms with Gasteiger partial charge in [-0.05, 0) is 26.2 Å². The number of hydrogen-bond acceptors (Lipinski definition) is 1. The molecule has 1 aliphatic carbocycles. The fourth-order valence-corrected chi connectivity index (χ4v) is 2.49. The van der Waals surface area contributed by atoms with E-state index < -0.39 is 0 Å². The van der Waals surface area contributed by atoms with Crippen molar-refractivity contribution in [2.45, 2.75) is 58.8 Å². The number of hydrogen-bond donors (Lipinski definition) is 0. The van der Waals surface area contributed by atoms with Crippen molar-refractivity contribution in [1.82, 2.24) is 0 Å². The van der Waals surface area contributed by atoms with Gasteiger partial charge in [0.2, 0.25) is 0 Å². The van der Waals surface area contributed by atoms with Crippen LogP contribution in [0.5, 0.6) is 0 Å². The number of carbonyl (C=O) groups is 1. The Balaban J connectivity index is 0.00000144. The van der Waals surface area contributed by atoms with E-state index in [0.29, 0.717) is 5.78 Å². The fourth-order valence-electron chi connectivity index (χ4n) is 2.49. The summed E-state index contributed by atoms with van der Waals surface area (Å²) in [6.07, 6.45) is 8.42. The minimum Gasteiger partial charge on any atom is -0.299 e. The van der Waals surface area contributed by atoms with Crippen LogP contribution in [0, 0.1) is 5.41 Å². The number of ketones is 1. The van der Waals surface area contributed by atoms with Crippen LogP contribution in [0.3, 0.4) is 0 Å². The topological polar surface area (TPSA) is 17.1 Å². The second-order valence-corrected chi connectivity index (χ2v) is 4.15. The monoisotopic (exact) mass is 170 g/mol. The van der Waals surface area contributed by atoms with E-state index in [-0.39, 0.29) is 6.84 Å². The highest BCUT2D eigenvalue weighted by Gasteiger charge is 2.35. The van der Waals surface area contributed by atoms with Gasteiger partial charge in [-0.1, -0.05) is 32.6 Å². The van der Waals surface area contributed by atoms with Crippen LogP contribution in [0.15, 0.2) is 0 Å². The Morgan fingerprint density at radius 3 is 2.33 bits per heavy atom. The van der Waals surface area contributed by atoms with E-state index >= 15 is 0 Å². The van der Waals surface area contributed by atoms with Crippen LogP contribution in [0.4, 0.5) is 0 Å². The van der Waals surface area contributed by atoms with Gasteiger partial charge in [0, 0.05) is 6.84 Å². The zero-order chi connectivity index (χ0) is 9.03. The molecule has 72 valence electrons. The van der Waals surface area contributed by atoms with Gasteiger partial charge in [-0.25, -0.2) is 0 Å². The van der Waals surface area contributed by atoms with Gasteiger partial charge < -0.3 is 0 Å². The van der Waals surface area contributed by atoms with Crippen molar-refractivity contribution in [3.63, 3.8) is 0 Å². The lowest BCUT2D eigenvalue weighted by Gasteiger charge is -2.34. The molecular formula is C11H22O. The van der Waals surface area contributed by atoms with Gasteiger partial charge in [0.1, 0.15) is 5.78 Å². The molecule has 0 N–H and O–H groups in total. The van der Waals surface area contributed by atoms with Crippen LogP contribution < -0.4 is 0 Å². The molecule has 0 bridgehead atoms. The van der Waals surface area contributed by atoms with Crippen LogP contribution in [0.1, 0.15) is 60.2 Å². The average Bonchev–Trinajstić information content (AvgIpc) is 2.06. The van der Waals surface area contributed by atoms with Gasteiger partial charge >= 0.3 is 0 Å². The van der Waals surface area contributed by atoms with Crippen molar-refractivity contribution >= 4 is 5.78 Å². The molecular weight excluding hydrogens is 148 g/mol. The predicted octanol–water partition coefficient (Wildman–Crippen LogP) is 3.57. The van der Waals surface area contributed by atoms with Gasteiger partial charge in [-0.15, -0.1) is 0 Å². The zero-order valence-electron chi connectivity index (χ0n) is 8.36. The molecule has 12 heavy (non-hydrogen) atoms. The number of Topliss-reactive ketones (excluding diaryl/α,β-unsaturated/α-hetero) is 1. The molecule has 0 heterocycles. The summed E-state index contributed by atoms with van der Waals surface area (Å²) in [5, 5.41) is 0. The molecule has 0 aromatic carbocycles. The van der Waals surface area contributed by atoms with E-state index in [1.807, 2.05) is 0 Å². The maximum absolute atomic E-state index is 11.5. The average molecular weight is 170 g/mol. The molecule has 0 saturated heterocycles. The van der Waals surface area contributed by atoms with Crippen LogP contribution in [0.2, 0.25) is 0 Å². The van der Waals surface area contributed by atoms with E-state index in [9.17, 15) is 4.79 Å². The summed E-state index contributed by atoms with van der Waals surface area (Å²) in [6.45, 7) is 3.96. The summed E-state index contributed by atoms with van der Waals surface area (Å²) >= 11 is 0. The molecule has 0 aromatic heterocycles. The first-order chi connectivity index (χ1) is 5.71. The summed E-state index contributed by atoms with van der Waals surface area (Å²) in [6, 6.07) is 0. The van der Waals surface area contributed by atoms with E-state index in [4.69, 9.17) is 0 Å². The number of carbonyl (C=O) groups excluding carboxylic acids is 1. The Hall–Kier alpha value is -0.330. The van der Waals surface area contributed by atoms with Crippen molar-refractivity contribution in [2.75, 3.05) is 0 Å². The van der Waals surface area contributed by atoms with Gasteiger partial charge in [-0.3, -0.25) is 4.79 Å². The van der Waals surface area contributed by atoms with Crippen molar-refractivity contribution in [3.8, 4) is 0 Å². The lowest BCUT2D eigenvalue weighted by molar-refractivity contribution is -0.128. The highest BCUT2D eigenvalue weighted by atomic mass is 16.1. The van der Waals surface area contributed by atoms with Crippen molar-refractivity contribution < 1.29 is 6.22 Å². The summed E-state index contributed by atoms with van der Waals surface area (Å²) in [5.74, 6) is 0.434. The standard InChI is InChI=1S/C11H20O.H2/c1-3-7-11(10(2)12)8-5-4-6-9-11;/h3-9H2,1-2H3;1H. The van der Waals surface area contributed by atoms with E-state index in [0.717, 1.165) is 25.7 Å². The smallest absolute Gasteiger partial charge is 0.135 e. The SMILES string of the molecule is CCCC1(C(C)=O)CCCCC1.[HH]. The number of rotatable bonds is 3. The van der Waals surface area contributed by atoms with Crippen molar-refractivity contribution in [3.05, 3.63) is 0 Å². The third-order valence-electron chi connectivity index (χ3n) is 3.29. The molecule has 0 atom stereocenters. The molecule has 0 amide bonds. The van der Waals surface area contributed by atoms with Crippen LogP contribution in [0.25, 0.3) is 0 Å². The summed E-state index contributed by atoms with van der Waals surface area (Å²) in [4.78, 5) is 11.5. The molecule has 0 radical (unpaired) electrons. The maximum atomic E-state index is 11.5. The summed E-state index contributed by atoms with van der Waals surface area (Å²) in [5.41, 5.74) is 0.0903. The molecule has 1 fully saturated rings. The van der Waals surface area contributed by atoms with Gasteiger partial charge in [0.25, 0.3) is 0 Å². The molecule has 1 aliphatic rings. The second-order valence-electron chi connectivity index (χ2n) is 4.15. The van der Waals surface area contributed by atoms with Gasteiger partial charge in [-0.2, -0.15) is 0 Å². The quantitative estimate of drug-likeness (QED) is 0.632. The lowest BCUT2D eigenvalue weighted by atomic mass is 9.69. The second kappa shape index (κ2) is 4.06. The molecule has 0 aromatic rings. The van der Waals surface area contributed by atoms with Gasteiger partial charge in [0.15, 0.2) is 0 Å². The normalized spacial score (nSPS) is 22.2. The summed E-state index contributed by atoms with van der Waals surface area (Å²) < 4.78 is 0. The summed E-state index contributed by atoms with van der Waals surface area (Å²) in [7, 11) is 0. The van der Waals surface area contributed by atoms with E-state index in [1.54, 1.807) is 6.92 Å². The maximum Gasteiger partial charge on any atom is 0.135 e. The highest BCUT2D eigenvalue weighted by molar-refractivity contribution is 5.82. The Labute approximate surface area is 77.0 Å². The molecule has 0 spiro atoms. The molecule has 1 saturated carbocycles. The minimum absolute atomic E-state index is 0. The fraction of sp³-hybridized carbons (Fsp3) is 0.909. The Morgan fingerprint density at radius 2 is 1.92 bits per heavy atom. The Bertz CT molecular complexity index is 154. The van der Waals surface area contributed by atoms with Crippen LogP contribution in [-0.4, -0.2) is 5.78 Å². The van der Waals surface area contributed by atoms with Crippen molar-refractivity contribution in [1.29, 1.82) is 0 Å². The lowest BCUT2D eigenvalue weighted by Crippen LogP contribution is -2.31. The molecule has 0 unspecified atom stereocenters. The van der Waals surface area contributed by atoms with Gasteiger partial charge in [0.05, 0.1) is 0 Å². The van der Waals surface area contributed by atoms with E-state index in [1.165, 1.54) is 19.3 Å². The molecule has 1 heteroatoms. The zero-order valence-corrected chi connectivity index (χ0v) is 8.36. The van der Waals surface area contributed by atoms with Crippen LogP contribution in [-0.2, 0) is 4.79 Å². The van der Waals surface area contributed by atoms with Crippen molar-refractivity contribution in [2.24, 2.45) is 5.41 Å². The third kappa shape index (κ3) is 1.88. The first kappa shape index (κ1) is 9.76. The van der Waals surface area contributed by atoms with E-state index in [2.05, 4.69) is 6.92 Å². The highest BCUT2D eigenvalue weighted by Crippen LogP contribution is 2.40. The molecule has 1 nitrogen and oxygen atoms in total. The predicted molar refractivity (Wildman–Crippen MR) is 53.2 cm³/mol. The largest absolute Gasteiger partial charge is 0.299 e. The third-order valence-corrected chi connectivity index (χ3v) is 3.29. The molecule has 0 aliphatic heterocycles. The molecule has 1 rings (SSSR count). The minimum atomic E-state index is 0. The van der Waals surface area contributed by atoms with Crippen LogP contribution >= 0.6 is 0 Å². The Morgan fingerprint density at radius 1 is 1.33 bits per heavy atom. The first-order valence-electron chi connectivity index (χ1n) is 5.22. The first-order valence-corrected chi connectivity index (χ1v) is 5.22.